The van der Waals surface area contributed by atoms with E-state index in [2.05, 4.69) is 31.9 Å². The average molecular weight is 413 g/mol. The third-order valence-electron chi connectivity index (χ3n) is 3.33. The number of carbonyl (C=O) groups excluding carboxylic acids is 2. The number of imide groups is 1. The molecule has 21 heavy (non-hydrogen) atoms. The van der Waals surface area contributed by atoms with Crippen LogP contribution in [-0.4, -0.2) is 11.8 Å². The number of fused-ring (bicyclic) bond motifs is 1. The van der Waals surface area contributed by atoms with Crippen LogP contribution in [0.1, 0.15) is 26.3 Å². The standard InChI is InChI=1S/C15H8Br2FNO2/c1-7-4-11(17)12(18)6-13(7)19-14(20)9-3-2-8(16)5-10(9)15(19)21/h2-6H,1H3. The fourth-order valence-corrected chi connectivity index (χ4v) is 3.13. The average Bonchev–Trinajstić information content (AvgIpc) is 2.66. The topological polar surface area (TPSA) is 37.4 Å². The van der Waals surface area contributed by atoms with Crippen molar-refractivity contribution in [3.05, 3.63) is 61.8 Å². The Hall–Kier alpha value is -1.53. The second kappa shape index (κ2) is 5.03. The largest absolute Gasteiger partial charge is 0.268 e. The molecule has 0 radical (unpaired) electrons. The zero-order valence-corrected chi connectivity index (χ0v) is 14.0. The van der Waals surface area contributed by atoms with Crippen molar-refractivity contribution in [3.63, 3.8) is 0 Å². The first-order valence-electron chi connectivity index (χ1n) is 6.04. The van der Waals surface area contributed by atoms with E-state index < -0.39 is 17.6 Å². The van der Waals surface area contributed by atoms with Gasteiger partial charge in [-0.15, -0.1) is 0 Å². The highest BCUT2D eigenvalue weighted by Gasteiger charge is 2.37. The minimum absolute atomic E-state index is 0.262. The molecule has 6 heteroatoms. The van der Waals surface area contributed by atoms with E-state index >= 15 is 0 Å². The first kappa shape index (κ1) is 14.4. The maximum Gasteiger partial charge on any atom is 0.266 e. The Morgan fingerprint density at radius 3 is 2.38 bits per heavy atom. The first-order chi connectivity index (χ1) is 9.90. The zero-order valence-electron chi connectivity index (χ0n) is 10.8. The SMILES string of the molecule is Cc1cc(Br)c(F)cc1N1C(=O)c2ccc(Br)cc2C1=O. The van der Waals surface area contributed by atoms with E-state index in [0.717, 1.165) is 4.90 Å². The molecule has 0 aromatic heterocycles. The Balaban J connectivity index is 2.16. The van der Waals surface area contributed by atoms with Crippen LogP contribution in [0.5, 0.6) is 0 Å². The molecule has 0 atom stereocenters. The van der Waals surface area contributed by atoms with Gasteiger partial charge in [-0.2, -0.15) is 0 Å². The van der Waals surface area contributed by atoms with Gasteiger partial charge < -0.3 is 0 Å². The van der Waals surface area contributed by atoms with Gasteiger partial charge in [0.2, 0.25) is 0 Å². The summed E-state index contributed by atoms with van der Waals surface area (Å²) < 4.78 is 14.8. The van der Waals surface area contributed by atoms with E-state index in [-0.39, 0.29) is 5.69 Å². The predicted molar refractivity (Wildman–Crippen MR) is 84.1 cm³/mol. The number of rotatable bonds is 1. The van der Waals surface area contributed by atoms with Crippen molar-refractivity contribution in [2.24, 2.45) is 0 Å². The molecular formula is C15H8Br2FNO2. The lowest BCUT2D eigenvalue weighted by molar-refractivity contribution is 0.0926. The second-order valence-corrected chi connectivity index (χ2v) is 6.46. The third kappa shape index (κ3) is 2.22. The summed E-state index contributed by atoms with van der Waals surface area (Å²) in [6, 6.07) is 7.62. The van der Waals surface area contributed by atoms with Crippen LogP contribution in [-0.2, 0) is 0 Å². The van der Waals surface area contributed by atoms with Gasteiger partial charge in [0.1, 0.15) is 5.82 Å². The summed E-state index contributed by atoms with van der Waals surface area (Å²) in [6.07, 6.45) is 0. The van der Waals surface area contributed by atoms with Crippen LogP contribution >= 0.6 is 31.9 Å². The number of hydrogen-bond acceptors (Lipinski definition) is 2. The molecule has 0 N–H and O–H groups in total. The van der Waals surface area contributed by atoms with Crippen LogP contribution in [0.3, 0.4) is 0 Å². The van der Waals surface area contributed by atoms with Gasteiger partial charge in [-0.25, -0.2) is 9.29 Å². The van der Waals surface area contributed by atoms with Crippen LogP contribution in [0.15, 0.2) is 39.3 Å². The first-order valence-corrected chi connectivity index (χ1v) is 7.62. The molecule has 0 bridgehead atoms. The molecule has 1 aliphatic heterocycles. The van der Waals surface area contributed by atoms with Crippen molar-refractivity contribution in [2.45, 2.75) is 6.92 Å². The molecule has 106 valence electrons. The summed E-state index contributed by atoms with van der Waals surface area (Å²) >= 11 is 6.36. The molecule has 1 heterocycles. The Labute approximate surface area is 137 Å². The van der Waals surface area contributed by atoms with E-state index in [1.54, 1.807) is 31.2 Å². The fourth-order valence-electron chi connectivity index (χ4n) is 2.31. The molecule has 0 spiro atoms. The van der Waals surface area contributed by atoms with E-state index in [1.165, 1.54) is 6.07 Å². The monoisotopic (exact) mass is 411 g/mol. The molecule has 1 aliphatic rings. The summed E-state index contributed by atoms with van der Waals surface area (Å²) in [6.45, 7) is 1.72. The Kier molecular flexibility index (Phi) is 3.45. The molecule has 3 nitrogen and oxygen atoms in total. The van der Waals surface area contributed by atoms with Crippen molar-refractivity contribution in [3.8, 4) is 0 Å². The summed E-state index contributed by atoms with van der Waals surface area (Å²) in [5.74, 6) is -1.40. The highest BCUT2D eigenvalue weighted by atomic mass is 79.9. The molecule has 0 aliphatic carbocycles. The summed E-state index contributed by atoms with van der Waals surface area (Å²) in [7, 11) is 0. The van der Waals surface area contributed by atoms with Crippen molar-refractivity contribution >= 4 is 49.4 Å². The number of aryl methyl sites for hydroxylation is 1. The molecular weight excluding hydrogens is 405 g/mol. The highest BCUT2D eigenvalue weighted by Crippen LogP contribution is 2.34. The molecule has 0 saturated heterocycles. The highest BCUT2D eigenvalue weighted by molar-refractivity contribution is 9.10. The van der Waals surface area contributed by atoms with Crippen molar-refractivity contribution in [1.82, 2.24) is 0 Å². The normalized spacial score (nSPS) is 13.8. The number of hydrogen-bond donors (Lipinski definition) is 0. The van der Waals surface area contributed by atoms with Gasteiger partial charge in [-0.05, 0) is 58.7 Å². The fraction of sp³-hybridized carbons (Fsp3) is 0.0667. The van der Waals surface area contributed by atoms with Crippen LogP contribution in [0.4, 0.5) is 10.1 Å². The lowest BCUT2D eigenvalue weighted by atomic mass is 10.1. The zero-order chi connectivity index (χ0) is 15.3. The molecule has 2 aromatic rings. The van der Waals surface area contributed by atoms with Gasteiger partial charge in [-0.1, -0.05) is 15.9 Å². The predicted octanol–water partition coefficient (Wildman–Crippen LogP) is 4.46. The van der Waals surface area contributed by atoms with E-state index in [9.17, 15) is 14.0 Å². The number of benzene rings is 2. The minimum atomic E-state index is -0.520. The van der Waals surface area contributed by atoms with Crippen molar-refractivity contribution in [1.29, 1.82) is 0 Å². The lowest BCUT2D eigenvalue weighted by Gasteiger charge is -2.17. The van der Waals surface area contributed by atoms with E-state index in [0.29, 0.717) is 25.6 Å². The Morgan fingerprint density at radius 1 is 1.00 bits per heavy atom. The maximum atomic E-state index is 13.8. The van der Waals surface area contributed by atoms with Gasteiger partial charge in [0, 0.05) is 4.47 Å². The second-order valence-electron chi connectivity index (χ2n) is 4.69. The quantitative estimate of drug-likeness (QED) is 0.648. The Morgan fingerprint density at radius 2 is 1.67 bits per heavy atom. The Bertz CT molecular complexity index is 805. The van der Waals surface area contributed by atoms with Gasteiger partial charge in [0.25, 0.3) is 11.8 Å². The van der Waals surface area contributed by atoms with E-state index in [4.69, 9.17) is 0 Å². The molecule has 3 rings (SSSR count). The molecule has 0 saturated carbocycles. The summed E-state index contributed by atoms with van der Waals surface area (Å²) in [5, 5.41) is 0. The molecule has 2 aromatic carbocycles. The smallest absolute Gasteiger partial charge is 0.266 e. The van der Waals surface area contributed by atoms with Crippen LogP contribution < -0.4 is 4.90 Å². The van der Waals surface area contributed by atoms with Crippen LogP contribution in [0.25, 0.3) is 0 Å². The summed E-state index contributed by atoms with van der Waals surface area (Å²) in [5.41, 5.74) is 1.54. The van der Waals surface area contributed by atoms with E-state index in [1.807, 2.05) is 0 Å². The summed E-state index contributed by atoms with van der Waals surface area (Å²) in [4.78, 5) is 25.9. The number of carbonyl (C=O) groups is 2. The number of halogens is 3. The molecule has 0 unspecified atom stereocenters. The van der Waals surface area contributed by atoms with Gasteiger partial charge in [-0.3, -0.25) is 9.59 Å². The number of amides is 2. The van der Waals surface area contributed by atoms with Gasteiger partial charge >= 0.3 is 0 Å². The number of nitrogens with zero attached hydrogens (tertiary/aromatic N) is 1. The lowest BCUT2D eigenvalue weighted by Crippen LogP contribution is -2.30. The van der Waals surface area contributed by atoms with Crippen LogP contribution in [0, 0.1) is 12.7 Å². The molecule has 0 fully saturated rings. The minimum Gasteiger partial charge on any atom is -0.268 e. The van der Waals surface area contributed by atoms with Crippen LogP contribution in [0.2, 0.25) is 0 Å². The van der Waals surface area contributed by atoms with Crippen molar-refractivity contribution in [2.75, 3.05) is 4.90 Å². The van der Waals surface area contributed by atoms with Gasteiger partial charge in [0.05, 0.1) is 21.3 Å². The third-order valence-corrected chi connectivity index (χ3v) is 4.43. The van der Waals surface area contributed by atoms with Gasteiger partial charge in [0.15, 0.2) is 0 Å². The molecule has 2 amide bonds. The maximum absolute atomic E-state index is 13.8. The number of anilines is 1. The van der Waals surface area contributed by atoms with Crippen molar-refractivity contribution < 1.29 is 14.0 Å².